The molecular weight excluding hydrogens is 1030 g/mol. The van der Waals surface area contributed by atoms with Crippen LogP contribution in [0.4, 0.5) is 0 Å². The van der Waals surface area contributed by atoms with Crippen molar-refractivity contribution in [2.75, 3.05) is 0 Å². The highest BCUT2D eigenvalue weighted by Gasteiger charge is 2.32. The van der Waals surface area contributed by atoms with Gasteiger partial charge in [0, 0.05) is 55.2 Å². The van der Waals surface area contributed by atoms with E-state index in [4.69, 9.17) is 0 Å². The maximum absolute atomic E-state index is 15.9. The Bertz CT molecular complexity index is 3410. The summed E-state index contributed by atoms with van der Waals surface area (Å²) in [6, 6.07) is 13.3. The molecule has 9 aromatic rings. The van der Waals surface area contributed by atoms with Gasteiger partial charge in [-0.2, -0.15) is 0 Å². The van der Waals surface area contributed by atoms with Crippen molar-refractivity contribution in [2.24, 2.45) is 0 Å². The SMILES string of the molecule is CCCCCCCCCCc1cc2cc3c(=O)n(C(CCCCCCC)CCCCCCC)c(=O)c4cc5c(CCCCCCCCCC)cc6cc7c(=O)n(C(CCCCCCC)CCCCCCC)c(=O)c8cc1c1c2c(c34)c5c6c1c78. The van der Waals surface area contributed by atoms with Crippen molar-refractivity contribution in [1.29, 1.82) is 0 Å². The average molecular weight is 1140 g/mol. The molecule has 84 heavy (non-hydrogen) atoms. The molecule has 0 amide bonds. The molecule has 7 aromatic carbocycles. The summed E-state index contributed by atoms with van der Waals surface area (Å²) in [4.78, 5) is 63.4. The maximum atomic E-state index is 15.9. The average Bonchev–Trinajstić information content (AvgIpc) is 0.674. The van der Waals surface area contributed by atoms with E-state index >= 15 is 19.2 Å². The second kappa shape index (κ2) is 31.7. The Morgan fingerprint density at radius 3 is 0.786 bits per heavy atom. The Hall–Kier alpha value is -4.84. The summed E-state index contributed by atoms with van der Waals surface area (Å²) in [6.07, 6.45) is 47.6. The molecule has 6 heteroatoms. The summed E-state index contributed by atoms with van der Waals surface area (Å²) in [7, 11) is 0. The van der Waals surface area contributed by atoms with Gasteiger partial charge in [-0.15, -0.1) is 0 Å². The fourth-order valence-electron chi connectivity index (χ4n) is 15.7. The molecule has 0 atom stereocenters. The number of benzene rings is 7. The molecule has 0 saturated heterocycles. The first-order valence-electron chi connectivity index (χ1n) is 35.8. The molecular formula is C78H110N2O4. The van der Waals surface area contributed by atoms with Crippen molar-refractivity contribution in [3.63, 3.8) is 0 Å². The fraction of sp³-hybridized carbons (Fsp3) is 0.641. The molecule has 9 rings (SSSR count). The quantitative estimate of drug-likeness (QED) is 0.0217. The fourth-order valence-corrected chi connectivity index (χ4v) is 15.7. The summed E-state index contributed by atoms with van der Waals surface area (Å²) in [5.41, 5.74) is 1.94. The Balaban J connectivity index is 1.31. The number of hydrogen-bond acceptors (Lipinski definition) is 4. The van der Waals surface area contributed by atoms with E-state index in [-0.39, 0.29) is 34.3 Å². The molecule has 0 bridgehead atoms. The molecule has 456 valence electrons. The van der Waals surface area contributed by atoms with E-state index in [1.807, 2.05) is 0 Å². The minimum atomic E-state index is -0.150. The van der Waals surface area contributed by atoms with Gasteiger partial charge < -0.3 is 0 Å². The van der Waals surface area contributed by atoms with Crippen molar-refractivity contribution in [3.05, 3.63) is 88.9 Å². The predicted molar refractivity (Wildman–Crippen MR) is 368 cm³/mol. The Labute approximate surface area is 505 Å². The summed E-state index contributed by atoms with van der Waals surface area (Å²) >= 11 is 0. The van der Waals surface area contributed by atoms with Gasteiger partial charge in [-0.25, -0.2) is 0 Å². The van der Waals surface area contributed by atoms with Crippen LogP contribution in [0.5, 0.6) is 0 Å². The Kier molecular flexibility index (Phi) is 24.0. The zero-order valence-corrected chi connectivity index (χ0v) is 53.8. The van der Waals surface area contributed by atoms with Gasteiger partial charge >= 0.3 is 0 Å². The highest BCUT2D eigenvalue weighted by atomic mass is 16.2. The molecule has 0 unspecified atom stereocenters. The largest absolute Gasteiger partial charge is 0.271 e. The zero-order valence-electron chi connectivity index (χ0n) is 53.8. The number of aromatic nitrogens is 2. The molecule has 0 spiro atoms. The third-order valence-corrected chi connectivity index (χ3v) is 20.4. The lowest BCUT2D eigenvalue weighted by Crippen LogP contribution is -2.37. The van der Waals surface area contributed by atoms with Gasteiger partial charge in [-0.05, 0) is 130 Å². The zero-order chi connectivity index (χ0) is 59.0. The summed E-state index contributed by atoms with van der Waals surface area (Å²) < 4.78 is 3.51. The summed E-state index contributed by atoms with van der Waals surface area (Å²) in [5, 5.41) is 15.1. The van der Waals surface area contributed by atoms with Crippen molar-refractivity contribution in [3.8, 4) is 0 Å². The number of unbranched alkanes of at least 4 members (excludes halogenated alkanes) is 30. The van der Waals surface area contributed by atoms with Crippen LogP contribution in [0.15, 0.2) is 55.6 Å². The topological polar surface area (TPSA) is 78.1 Å². The number of nitrogens with zero attached hydrogens (tertiary/aromatic N) is 2. The van der Waals surface area contributed by atoms with Crippen molar-refractivity contribution in [1.82, 2.24) is 9.13 Å². The number of hydrogen-bond donors (Lipinski definition) is 0. The first-order chi connectivity index (χ1) is 41.2. The molecule has 0 aliphatic carbocycles. The van der Waals surface area contributed by atoms with Gasteiger partial charge in [-0.1, -0.05) is 272 Å². The van der Waals surface area contributed by atoms with Gasteiger partial charge in [0.05, 0.1) is 0 Å². The van der Waals surface area contributed by atoms with Crippen LogP contribution in [0, 0.1) is 0 Å². The molecule has 2 aromatic heterocycles. The number of pyridine rings is 2. The predicted octanol–water partition coefficient (Wildman–Crippen LogP) is 23.0. The lowest BCUT2D eigenvalue weighted by Gasteiger charge is -2.27. The molecule has 6 nitrogen and oxygen atoms in total. The molecule has 0 aliphatic rings. The van der Waals surface area contributed by atoms with Crippen LogP contribution in [0.3, 0.4) is 0 Å². The van der Waals surface area contributed by atoms with E-state index in [0.29, 0.717) is 21.5 Å². The van der Waals surface area contributed by atoms with E-state index in [1.165, 1.54) is 165 Å². The van der Waals surface area contributed by atoms with Crippen molar-refractivity contribution >= 4 is 86.2 Å². The second-order valence-electron chi connectivity index (χ2n) is 26.8. The third kappa shape index (κ3) is 13.9. The molecule has 2 heterocycles. The minimum absolute atomic E-state index is 0.126. The standard InChI is InChI=1S/C78H110N2O4/c1-7-13-19-25-27-29-35-37-43-55-49-57-51-63-70-66(78(84)80(75(63)81)60(47-41-33-23-17-11-5)48-42-34-24-18-12-6)54-62-56(44-38-36-30-28-26-20-14-8-2)50-58-52-64-69-65(53-61(55)71-67(57)74(70)72(62)68(58)73(69)71)77(83)79(76(64)82)59(45-39-31-21-15-9-3)46-40-32-22-16-10-4/h49-54,59-60H,7-48H2,1-6H3. The van der Waals surface area contributed by atoms with Crippen LogP contribution in [0.1, 0.15) is 322 Å². The highest BCUT2D eigenvalue weighted by Crippen LogP contribution is 2.53. The number of rotatable bonds is 44. The van der Waals surface area contributed by atoms with Crippen molar-refractivity contribution in [2.45, 2.75) is 323 Å². The Morgan fingerprint density at radius 1 is 0.250 bits per heavy atom. The van der Waals surface area contributed by atoms with E-state index in [9.17, 15) is 0 Å². The maximum Gasteiger partial charge on any atom is 0.261 e. The van der Waals surface area contributed by atoms with Gasteiger partial charge in [0.1, 0.15) is 0 Å². The van der Waals surface area contributed by atoms with Crippen LogP contribution in [0.2, 0.25) is 0 Å². The third-order valence-electron chi connectivity index (χ3n) is 20.4. The van der Waals surface area contributed by atoms with E-state index in [1.54, 1.807) is 9.13 Å². The van der Waals surface area contributed by atoms with E-state index in [2.05, 4.69) is 77.9 Å². The Morgan fingerprint density at radius 2 is 0.500 bits per heavy atom. The number of aryl methyl sites for hydroxylation is 2. The first-order valence-corrected chi connectivity index (χ1v) is 35.8. The normalized spacial score (nSPS) is 12.7. The monoisotopic (exact) mass is 1140 g/mol. The molecule has 0 radical (unpaired) electrons. The molecule has 0 N–H and O–H groups in total. The highest BCUT2D eigenvalue weighted by molar-refractivity contribution is 6.50. The summed E-state index contributed by atoms with van der Waals surface area (Å²) in [5.74, 6) is 0. The van der Waals surface area contributed by atoms with Crippen LogP contribution in [-0.2, 0) is 12.8 Å². The van der Waals surface area contributed by atoms with Crippen molar-refractivity contribution < 1.29 is 0 Å². The van der Waals surface area contributed by atoms with Gasteiger partial charge in [-0.3, -0.25) is 28.3 Å². The lowest BCUT2D eigenvalue weighted by atomic mass is 9.77. The van der Waals surface area contributed by atoms with E-state index < -0.39 is 0 Å². The lowest BCUT2D eigenvalue weighted by molar-refractivity contribution is 0.382. The van der Waals surface area contributed by atoms with Crippen LogP contribution < -0.4 is 22.2 Å². The van der Waals surface area contributed by atoms with Crippen LogP contribution >= 0.6 is 0 Å². The van der Waals surface area contributed by atoms with E-state index in [0.717, 1.165) is 180 Å². The van der Waals surface area contributed by atoms with Gasteiger partial charge in [0.25, 0.3) is 22.2 Å². The molecule has 0 fully saturated rings. The second-order valence-corrected chi connectivity index (χ2v) is 26.8. The molecule has 0 saturated carbocycles. The minimum Gasteiger partial charge on any atom is -0.271 e. The molecule has 0 aliphatic heterocycles. The van der Waals surface area contributed by atoms with Crippen LogP contribution in [0.25, 0.3) is 86.2 Å². The van der Waals surface area contributed by atoms with Crippen LogP contribution in [-0.4, -0.2) is 9.13 Å². The van der Waals surface area contributed by atoms with Gasteiger partial charge in [0.2, 0.25) is 0 Å². The smallest absolute Gasteiger partial charge is 0.261 e. The first kappa shape index (κ1) is 63.7. The summed E-state index contributed by atoms with van der Waals surface area (Å²) in [6.45, 7) is 13.6. The van der Waals surface area contributed by atoms with Gasteiger partial charge in [0.15, 0.2) is 0 Å².